The van der Waals surface area contributed by atoms with E-state index in [2.05, 4.69) is 66.3 Å². The first-order chi connectivity index (χ1) is 35.7. The van der Waals surface area contributed by atoms with Crippen LogP contribution in [0.25, 0.3) is 0 Å². The number of rotatable bonds is 16. The maximum Gasteiger partial charge on any atom is 0.291 e. The van der Waals surface area contributed by atoms with Gasteiger partial charge < -0.3 is 69.5 Å². The molecule has 2 aliphatic carbocycles. The summed E-state index contributed by atoms with van der Waals surface area (Å²) in [5.41, 5.74) is 3.60. The first-order valence-electron chi connectivity index (χ1n) is 25.1. The molecule has 0 aromatic carbocycles. The summed E-state index contributed by atoms with van der Waals surface area (Å²) in [6.07, 6.45) is 20.9. The summed E-state index contributed by atoms with van der Waals surface area (Å²) in [6.45, 7) is 3.81. The molecule has 25 heteroatoms. The van der Waals surface area contributed by atoms with Gasteiger partial charge in [-0.15, -0.1) is 0 Å². The van der Waals surface area contributed by atoms with Gasteiger partial charge in [-0.2, -0.15) is 0 Å². The van der Waals surface area contributed by atoms with E-state index in [0.717, 1.165) is 82.1 Å². The Labute approximate surface area is 452 Å². The minimum Gasteiger partial charge on any atom is -0.352 e. The van der Waals surface area contributed by atoms with Gasteiger partial charge in [0.1, 0.15) is 17.1 Å². The number of carbonyl (C=O) groups excluding carboxylic acids is 7. The molecule has 410 valence electrons. The number of anilines is 4. The van der Waals surface area contributed by atoms with Crippen LogP contribution in [0, 0.1) is 12.8 Å². The van der Waals surface area contributed by atoms with Gasteiger partial charge in [-0.1, -0.05) is 25.7 Å². The average molecular weight is 1090 g/mol. The third-order valence-electron chi connectivity index (χ3n) is 12.8. The van der Waals surface area contributed by atoms with Crippen LogP contribution in [-0.2, 0) is 64.1 Å². The van der Waals surface area contributed by atoms with Gasteiger partial charge in [0.2, 0.25) is 17.6 Å². The Hall–Kier alpha value is -7.76. The Morgan fingerprint density at radius 2 is 1.09 bits per heavy atom. The molecule has 0 atom stereocenters. The van der Waals surface area contributed by atoms with Gasteiger partial charge in [-0.25, -0.2) is 15.0 Å². The number of hydrogen-bond acceptors (Lipinski definition) is 10. The molecule has 0 bridgehead atoms. The second-order valence-electron chi connectivity index (χ2n) is 19.4. The molecule has 2 saturated carbocycles. The van der Waals surface area contributed by atoms with Crippen molar-refractivity contribution in [2.75, 3.05) is 55.5 Å². The molecular formula is C51H72FeN17O7+. The molecule has 0 aliphatic heterocycles. The summed E-state index contributed by atoms with van der Waals surface area (Å²) in [6, 6.07) is 5.28. The molecule has 8 rings (SSSR count). The SMILES string of the molecule is CNC(=O)c1nc(NC(=O)c2cc(NC(=O)C3CCCC3)cn2C)cn1C.Cc1cc(C(=O)NCCC[NH+](C)C)n(C)c1.Cn1cc(NC(=O)c2nccn2C)cc1C(=O)Nc1cn(C)c(C(=O)NC2CCCC2)n1.[Fe]. The van der Waals surface area contributed by atoms with Crippen LogP contribution in [0.4, 0.5) is 23.0 Å². The number of aryl methyl sites for hydroxylation is 7. The molecule has 7 amide bonds. The fourth-order valence-corrected chi connectivity index (χ4v) is 8.88. The Morgan fingerprint density at radius 1 is 0.579 bits per heavy atom. The van der Waals surface area contributed by atoms with Gasteiger partial charge in [-0.3, -0.25) is 33.6 Å². The molecule has 0 spiro atoms. The van der Waals surface area contributed by atoms with Crippen molar-refractivity contribution in [3.05, 3.63) is 102 Å². The monoisotopic (exact) mass is 1090 g/mol. The molecule has 8 N–H and O–H groups in total. The quantitative estimate of drug-likeness (QED) is 0.0519. The fourth-order valence-electron chi connectivity index (χ4n) is 8.88. The second-order valence-corrected chi connectivity index (χ2v) is 19.4. The number of hydrogen-bond donors (Lipinski definition) is 8. The van der Waals surface area contributed by atoms with E-state index in [1.54, 1.807) is 96.6 Å². The molecule has 6 aromatic heterocycles. The van der Waals surface area contributed by atoms with Gasteiger partial charge in [-0.05, 0) is 56.4 Å². The second kappa shape index (κ2) is 27.2. The molecule has 0 saturated heterocycles. The third-order valence-corrected chi connectivity index (χ3v) is 12.8. The summed E-state index contributed by atoms with van der Waals surface area (Å²) < 4.78 is 9.83. The number of imidazole rings is 3. The van der Waals surface area contributed by atoms with Crippen LogP contribution in [-0.4, -0.2) is 124 Å². The van der Waals surface area contributed by atoms with E-state index in [0.29, 0.717) is 22.8 Å². The van der Waals surface area contributed by atoms with Gasteiger partial charge in [0.05, 0.1) is 32.0 Å². The first kappa shape index (κ1) is 59.1. The minimum absolute atomic E-state index is 0. The Balaban J connectivity index is 0.000000221. The van der Waals surface area contributed by atoms with Gasteiger partial charge >= 0.3 is 0 Å². The zero-order valence-corrected chi connectivity index (χ0v) is 46.0. The summed E-state index contributed by atoms with van der Waals surface area (Å²) in [7, 11) is 16.2. The number of amides is 7. The van der Waals surface area contributed by atoms with E-state index in [1.165, 1.54) is 22.7 Å². The Kier molecular flexibility index (Phi) is 21.1. The molecule has 24 nitrogen and oxygen atoms in total. The summed E-state index contributed by atoms with van der Waals surface area (Å²) >= 11 is 0. The Bertz CT molecular complexity index is 3000. The predicted molar refractivity (Wildman–Crippen MR) is 283 cm³/mol. The number of aromatic nitrogens is 9. The molecule has 2 fully saturated rings. The zero-order chi connectivity index (χ0) is 54.5. The van der Waals surface area contributed by atoms with E-state index < -0.39 is 5.91 Å². The Morgan fingerprint density at radius 3 is 1.59 bits per heavy atom. The first-order valence-corrected chi connectivity index (χ1v) is 25.1. The maximum atomic E-state index is 12.8. The summed E-state index contributed by atoms with van der Waals surface area (Å²) in [4.78, 5) is 99.8. The number of nitrogens with zero attached hydrogens (tertiary/aromatic N) is 9. The van der Waals surface area contributed by atoms with Crippen molar-refractivity contribution >= 4 is 64.4 Å². The molecule has 0 radical (unpaired) electrons. The standard InChI is InChI=1S/C21H26N8O3.C18H24N6O3.C12H21N3O.Fe/c1-27-9-8-22-17(27)20(31)24-14-10-15(28(2)11-14)19(30)26-16-12-29(3)18(25-16)21(32)23-13-6-4-5-7-13;1-19-18(27)15-21-14(10-24(15)3)22-17(26)13-8-12(9-23(13)2)20-16(25)11-6-4-5-7-11;1-10-8-11(15(4)9-10)12(16)13-6-5-7-14(2)3;/h8-13H,4-7H2,1-3H3,(H,23,32)(H,24,31)(H,26,30);8-11H,4-7H2,1-3H3,(H,19,27)(H,20,25)(H,22,26);8-9H,5-7H2,1-4H3,(H,13,16);/p+1. The molecular weight excluding hydrogens is 1020 g/mol. The normalized spacial score (nSPS) is 13.1. The van der Waals surface area contributed by atoms with E-state index in [9.17, 15) is 33.6 Å². The van der Waals surface area contributed by atoms with Gasteiger partial charge in [0, 0.05) is 135 Å². The van der Waals surface area contributed by atoms with Crippen molar-refractivity contribution in [3.63, 3.8) is 0 Å². The van der Waals surface area contributed by atoms with Crippen LogP contribution in [0.15, 0.2) is 61.6 Å². The third kappa shape index (κ3) is 15.9. The zero-order valence-electron chi connectivity index (χ0n) is 44.9. The van der Waals surface area contributed by atoms with Crippen molar-refractivity contribution in [2.45, 2.75) is 70.8 Å². The van der Waals surface area contributed by atoms with E-state index in [-0.39, 0.29) is 93.6 Å². The van der Waals surface area contributed by atoms with Gasteiger partial charge in [0.25, 0.3) is 35.4 Å². The van der Waals surface area contributed by atoms with Crippen molar-refractivity contribution in [3.8, 4) is 0 Å². The van der Waals surface area contributed by atoms with Crippen molar-refractivity contribution in [1.29, 1.82) is 0 Å². The number of carbonyl (C=O) groups is 7. The van der Waals surface area contributed by atoms with Crippen molar-refractivity contribution in [1.82, 2.24) is 58.3 Å². The molecule has 6 aromatic rings. The van der Waals surface area contributed by atoms with E-state index in [1.807, 2.05) is 30.8 Å². The predicted octanol–water partition coefficient (Wildman–Crippen LogP) is 2.76. The van der Waals surface area contributed by atoms with E-state index >= 15 is 0 Å². The minimum atomic E-state index is -0.411. The largest absolute Gasteiger partial charge is 0.352 e. The summed E-state index contributed by atoms with van der Waals surface area (Å²) in [5.74, 6) is -0.431. The van der Waals surface area contributed by atoms with Crippen LogP contribution in [0.2, 0.25) is 0 Å². The van der Waals surface area contributed by atoms with Crippen LogP contribution < -0.4 is 42.1 Å². The van der Waals surface area contributed by atoms with Gasteiger partial charge in [0.15, 0.2) is 17.5 Å². The van der Waals surface area contributed by atoms with E-state index in [4.69, 9.17) is 0 Å². The molecule has 2 aliphatic rings. The topological polar surface area (TPSA) is 276 Å². The van der Waals surface area contributed by atoms with Crippen LogP contribution >= 0.6 is 0 Å². The molecule has 6 heterocycles. The number of nitrogens with one attached hydrogen (secondary N) is 8. The van der Waals surface area contributed by atoms with Crippen LogP contribution in [0.3, 0.4) is 0 Å². The smallest absolute Gasteiger partial charge is 0.291 e. The number of quaternary nitrogens is 1. The molecule has 0 unspecified atom stereocenters. The fraction of sp³-hybridized carbons (Fsp3) is 0.451. The summed E-state index contributed by atoms with van der Waals surface area (Å²) in [5, 5.41) is 19.4. The van der Waals surface area contributed by atoms with Crippen LogP contribution in [0.1, 0.15) is 127 Å². The van der Waals surface area contributed by atoms with Crippen molar-refractivity contribution in [2.24, 2.45) is 48.2 Å². The average Bonchev–Trinajstić information content (AvgIpc) is 4.22. The molecule has 76 heavy (non-hydrogen) atoms. The van der Waals surface area contributed by atoms with Crippen LogP contribution in [0.5, 0.6) is 0 Å². The maximum absolute atomic E-state index is 12.8. The van der Waals surface area contributed by atoms with Crippen molar-refractivity contribution < 1.29 is 55.5 Å².